The average Bonchev–Trinajstić information content (AvgIpc) is 2.18. The third-order valence-corrected chi connectivity index (χ3v) is 3.52. The van der Waals surface area contributed by atoms with Gasteiger partial charge in [0.2, 0.25) is 0 Å². The van der Waals surface area contributed by atoms with Crippen LogP contribution in [0.4, 0.5) is 0 Å². The third kappa shape index (κ3) is 3.22. The van der Waals surface area contributed by atoms with Crippen molar-refractivity contribution in [1.29, 1.82) is 0 Å². The van der Waals surface area contributed by atoms with E-state index in [1.807, 2.05) is 6.92 Å². The topological polar surface area (TPSA) is 35.2 Å². The molecule has 0 aromatic heterocycles. The Morgan fingerprint density at radius 2 is 2.18 bits per heavy atom. The highest BCUT2D eigenvalue weighted by atomic mass is 16.5. The zero-order valence-corrected chi connectivity index (χ0v) is 10.9. The lowest BCUT2D eigenvalue weighted by atomic mass is 9.86. The molecule has 0 saturated heterocycles. The molecule has 0 heterocycles. The second-order valence-electron chi connectivity index (χ2n) is 5.35. The lowest BCUT2D eigenvalue weighted by molar-refractivity contribution is 0.178. The highest BCUT2D eigenvalue weighted by molar-refractivity contribution is 5.41. The van der Waals surface area contributed by atoms with E-state index in [9.17, 15) is 0 Å². The van der Waals surface area contributed by atoms with E-state index >= 15 is 0 Å². The van der Waals surface area contributed by atoms with Crippen molar-refractivity contribution in [1.82, 2.24) is 0 Å². The summed E-state index contributed by atoms with van der Waals surface area (Å²) in [5.74, 6) is 1.84. The van der Waals surface area contributed by atoms with Gasteiger partial charge in [0, 0.05) is 6.04 Å². The molecule has 1 aromatic rings. The molecule has 0 spiro atoms. The second kappa shape index (κ2) is 5.54. The van der Waals surface area contributed by atoms with Gasteiger partial charge in [0.25, 0.3) is 0 Å². The Morgan fingerprint density at radius 1 is 1.41 bits per heavy atom. The lowest BCUT2D eigenvalue weighted by Crippen LogP contribution is -2.21. The van der Waals surface area contributed by atoms with Crippen molar-refractivity contribution >= 4 is 0 Å². The van der Waals surface area contributed by atoms with Gasteiger partial charge in [-0.3, -0.25) is 0 Å². The molecule has 1 aromatic carbocycles. The molecule has 2 heteroatoms. The Hall–Kier alpha value is -1.02. The molecule has 0 aliphatic heterocycles. The Kier molecular flexibility index (Phi) is 4.06. The molecule has 1 aliphatic carbocycles. The first-order valence-corrected chi connectivity index (χ1v) is 6.63. The highest BCUT2D eigenvalue weighted by Crippen LogP contribution is 2.30. The smallest absolute Gasteiger partial charge is 0.125 e. The van der Waals surface area contributed by atoms with Crippen LogP contribution in [0, 0.1) is 12.8 Å². The van der Waals surface area contributed by atoms with Crippen LogP contribution in [0.25, 0.3) is 0 Å². The summed E-state index contributed by atoms with van der Waals surface area (Å²) in [4.78, 5) is 0. The maximum absolute atomic E-state index is 6.02. The van der Waals surface area contributed by atoms with Gasteiger partial charge in [-0.15, -0.1) is 0 Å². The predicted molar refractivity (Wildman–Crippen MR) is 71.4 cm³/mol. The fraction of sp³-hybridized carbons (Fsp3) is 0.600. The van der Waals surface area contributed by atoms with Crippen molar-refractivity contribution in [2.24, 2.45) is 11.7 Å². The van der Waals surface area contributed by atoms with Crippen LogP contribution in [0.1, 0.15) is 37.3 Å². The van der Waals surface area contributed by atoms with E-state index in [0.717, 1.165) is 24.7 Å². The molecule has 1 unspecified atom stereocenters. The van der Waals surface area contributed by atoms with Crippen LogP contribution in [0.15, 0.2) is 18.2 Å². The molecule has 2 nitrogen and oxygen atoms in total. The molecular formula is C15H23NO. The van der Waals surface area contributed by atoms with E-state index in [2.05, 4.69) is 25.1 Å². The van der Waals surface area contributed by atoms with E-state index in [1.165, 1.54) is 30.4 Å². The second-order valence-corrected chi connectivity index (χ2v) is 5.35. The number of aryl methyl sites for hydroxylation is 1. The molecule has 0 radical (unpaired) electrons. The Morgan fingerprint density at radius 3 is 2.76 bits per heavy atom. The maximum atomic E-state index is 6.02. The third-order valence-electron chi connectivity index (χ3n) is 3.52. The van der Waals surface area contributed by atoms with E-state index in [4.69, 9.17) is 10.5 Å². The SMILES string of the molecule is Cc1cccc(CC(C)N)c1OCC1CCC1. The zero-order chi connectivity index (χ0) is 12.3. The molecule has 2 rings (SSSR count). The van der Waals surface area contributed by atoms with Crippen molar-refractivity contribution in [3.8, 4) is 5.75 Å². The fourth-order valence-corrected chi connectivity index (χ4v) is 2.29. The predicted octanol–water partition coefficient (Wildman–Crippen LogP) is 3.06. The van der Waals surface area contributed by atoms with Gasteiger partial charge < -0.3 is 10.5 Å². The zero-order valence-electron chi connectivity index (χ0n) is 10.9. The largest absolute Gasteiger partial charge is 0.493 e. The van der Waals surface area contributed by atoms with Crippen molar-refractivity contribution in [3.63, 3.8) is 0 Å². The number of rotatable bonds is 5. The number of para-hydroxylation sites is 1. The van der Waals surface area contributed by atoms with Crippen LogP contribution in [0.3, 0.4) is 0 Å². The molecule has 1 saturated carbocycles. The van der Waals surface area contributed by atoms with E-state index in [1.54, 1.807) is 0 Å². The maximum Gasteiger partial charge on any atom is 0.125 e. The lowest BCUT2D eigenvalue weighted by Gasteiger charge is -2.26. The van der Waals surface area contributed by atoms with Gasteiger partial charge in [-0.25, -0.2) is 0 Å². The normalized spacial score (nSPS) is 17.6. The summed E-state index contributed by atoms with van der Waals surface area (Å²) < 4.78 is 6.02. The van der Waals surface area contributed by atoms with Gasteiger partial charge in [-0.05, 0) is 50.2 Å². The molecule has 1 fully saturated rings. The first-order valence-electron chi connectivity index (χ1n) is 6.63. The van der Waals surface area contributed by atoms with Gasteiger partial charge in [0.15, 0.2) is 0 Å². The van der Waals surface area contributed by atoms with Crippen LogP contribution >= 0.6 is 0 Å². The fourth-order valence-electron chi connectivity index (χ4n) is 2.29. The Labute approximate surface area is 104 Å². The van der Waals surface area contributed by atoms with Crippen LogP contribution in [-0.4, -0.2) is 12.6 Å². The van der Waals surface area contributed by atoms with Gasteiger partial charge in [0.05, 0.1) is 6.61 Å². The van der Waals surface area contributed by atoms with Gasteiger partial charge in [-0.2, -0.15) is 0 Å². The van der Waals surface area contributed by atoms with E-state index in [0.29, 0.717) is 0 Å². The van der Waals surface area contributed by atoms with Crippen LogP contribution in [0.5, 0.6) is 5.75 Å². The Balaban J connectivity index is 2.05. The summed E-state index contributed by atoms with van der Waals surface area (Å²) in [7, 11) is 0. The molecule has 1 aliphatic rings. The van der Waals surface area contributed by atoms with Crippen molar-refractivity contribution in [2.45, 2.75) is 45.6 Å². The molecule has 94 valence electrons. The summed E-state index contributed by atoms with van der Waals surface area (Å²) in [5, 5.41) is 0. The quantitative estimate of drug-likeness (QED) is 0.848. The summed E-state index contributed by atoms with van der Waals surface area (Å²) >= 11 is 0. The number of hydrogen-bond donors (Lipinski definition) is 1. The molecule has 0 amide bonds. The average molecular weight is 233 g/mol. The standard InChI is InChI=1S/C15H23NO/c1-11-5-3-8-14(9-12(2)16)15(11)17-10-13-6-4-7-13/h3,5,8,12-13H,4,6-7,9-10,16H2,1-2H3. The van der Waals surface area contributed by atoms with Crippen LogP contribution < -0.4 is 10.5 Å². The summed E-state index contributed by atoms with van der Waals surface area (Å²) in [6, 6.07) is 6.51. The van der Waals surface area contributed by atoms with Crippen molar-refractivity contribution in [3.05, 3.63) is 29.3 Å². The first-order chi connectivity index (χ1) is 8.16. The number of ether oxygens (including phenoxy) is 1. The molecular weight excluding hydrogens is 210 g/mol. The molecule has 2 N–H and O–H groups in total. The molecule has 0 bridgehead atoms. The summed E-state index contributed by atoms with van der Waals surface area (Å²) in [5.41, 5.74) is 8.36. The van der Waals surface area contributed by atoms with E-state index < -0.39 is 0 Å². The monoisotopic (exact) mass is 233 g/mol. The minimum Gasteiger partial charge on any atom is -0.493 e. The van der Waals surface area contributed by atoms with Crippen LogP contribution in [0.2, 0.25) is 0 Å². The Bertz CT molecular complexity index is 369. The number of nitrogens with two attached hydrogens (primary N) is 1. The number of benzene rings is 1. The van der Waals surface area contributed by atoms with Crippen molar-refractivity contribution in [2.75, 3.05) is 6.61 Å². The minimum absolute atomic E-state index is 0.183. The number of hydrogen-bond acceptors (Lipinski definition) is 2. The summed E-state index contributed by atoms with van der Waals surface area (Å²) in [6.07, 6.45) is 4.92. The molecule has 17 heavy (non-hydrogen) atoms. The first kappa shape index (κ1) is 12.4. The summed E-state index contributed by atoms with van der Waals surface area (Å²) in [6.45, 7) is 5.02. The van der Waals surface area contributed by atoms with Crippen molar-refractivity contribution < 1.29 is 4.74 Å². The van der Waals surface area contributed by atoms with Gasteiger partial charge in [-0.1, -0.05) is 24.6 Å². The molecule has 1 atom stereocenters. The van der Waals surface area contributed by atoms with Gasteiger partial charge in [0.1, 0.15) is 5.75 Å². The van der Waals surface area contributed by atoms with Crippen LogP contribution in [-0.2, 0) is 6.42 Å². The minimum atomic E-state index is 0.183. The van der Waals surface area contributed by atoms with Gasteiger partial charge >= 0.3 is 0 Å². The highest BCUT2D eigenvalue weighted by Gasteiger charge is 2.19. The van der Waals surface area contributed by atoms with E-state index in [-0.39, 0.29) is 6.04 Å².